The van der Waals surface area contributed by atoms with Crippen LogP contribution in [-0.2, 0) is 11.2 Å². The zero-order chi connectivity index (χ0) is 11.6. The van der Waals surface area contributed by atoms with E-state index >= 15 is 0 Å². The van der Waals surface area contributed by atoms with Crippen molar-refractivity contribution in [2.75, 3.05) is 0 Å². The number of carboxylic acids is 1. The molecule has 1 aromatic heterocycles. The van der Waals surface area contributed by atoms with E-state index in [1.54, 1.807) is 0 Å². The summed E-state index contributed by atoms with van der Waals surface area (Å²) in [5, 5.41) is 8.24. The van der Waals surface area contributed by atoms with Crippen LogP contribution in [0.3, 0.4) is 0 Å². The number of aliphatic carboxylic acids is 1. The molecule has 1 N–H and O–H groups in total. The molecular formula is C9H8ClF2NO2. The minimum Gasteiger partial charge on any atom is -0.481 e. The first-order chi connectivity index (χ1) is 6.93. The van der Waals surface area contributed by atoms with Crippen molar-refractivity contribution >= 4 is 17.6 Å². The summed E-state index contributed by atoms with van der Waals surface area (Å²) < 4.78 is 25.2. The molecule has 3 nitrogen and oxygen atoms in total. The van der Waals surface area contributed by atoms with Gasteiger partial charge in [-0.1, -0.05) is 11.6 Å². The number of nitrogens with zero attached hydrogens (tertiary/aromatic N) is 1. The highest BCUT2D eigenvalue weighted by atomic mass is 35.5. The van der Waals surface area contributed by atoms with E-state index in [-0.39, 0.29) is 10.7 Å². The van der Waals surface area contributed by atoms with Gasteiger partial charge in [-0.15, -0.1) is 0 Å². The van der Waals surface area contributed by atoms with E-state index in [2.05, 4.69) is 4.98 Å². The van der Waals surface area contributed by atoms with Crippen LogP contribution in [0.25, 0.3) is 0 Å². The van der Waals surface area contributed by atoms with Gasteiger partial charge in [-0.3, -0.25) is 4.79 Å². The molecular weight excluding hydrogens is 228 g/mol. The second-order valence-electron chi connectivity index (χ2n) is 3.00. The van der Waals surface area contributed by atoms with Crippen LogP contribution in [0.2, 0.25) is 5.15 Å². The largest absolute Gasteiger partial charge is 0.481 e. The molecule has 0 amide bonds. The summed E-state index contributed by atoms with van der Waals surface area (Å²) in [7, 11) is 0. The first kappa shape index (κ1) is 11.8. The maximum atomic E-state index is 12.6. The zero-order valence-corrected chi connectivity index (χ0v) is 8.55. The summed E-state index contributed by atoms with van der Waals surface area (Å²) in [4.78, 5) is 14.1. The second-order valence-corrected chi connectivity index (χ2v) is 3.35. The molecule has 1 rings (SSSR count). The van der Waals surface area contributed by atoms with E-state index in [0.717, 1.165) is 0 Å². The molecule has 0 unspecified atom stereocenters. The Kier molecular flexibility index (Phi) is 3.57. The number of carboxylic acid groups (broad SMARTS) is 1. The van der Waals surface area contributed by atoms with Gasteiger partial charge in [0, 0.05) is 6.20 Å². The summed E-state index contributed by atoms with van der Waals surface area (Å²) in [6.07, 6.45) is -2.01. The highest BCUT2D eigenvalue weighted by molar-refractivity contribution is 6.30. The predicted molar refractivity (Wildman–Crippen MR) is 50.3 cm³/mol. The molecule has 0 saturated heterocycles. The molecule has 82 valence electrons. The number of carbonyl (C=O) groups is 1. The average Bonchev–Trinajstić information content (AvgIpc) is 2.10. The predicted octanol–water partition coefficient (Wildman–Crippen LogP) is 2.61. The number of hydrogen-bond donors (Lipinski definition) is 1. The topological polar surface area (TPSA) is 50.2 Å². The van der Waals surface area contributed by atoms with Crippen LogP contribution in [0, 0.1) is 6.92 Å². The average molecular weight is 236 g/mol. The first-order valence-electron chi connectivity index (χ1n) is 4.07. The van der Waals surface area contributed by atoms with Crippen molar-refractivity contribution in [1.29, 1.82) is 0 Å². The van der Waals surface area contributed by atoms with Crippen LogP contribution >= 0.6 is 11.6 Å². The third-order valence-corrected chi connectivity index (χ3v) is 2.24. The van der Waals surface area contributed by atoms with Gasteiger partial charge in [0.15, 0.2) is 0 Å². The maximum absolute atomic E-state index is 12.6. The Morgan fingerprint density at radius 3 is 2.73 bits per heavy atom. The number of alkyl halides is 2. The third-order valence-electron chi connectivity index (χ3n) is 1.94. The van der Waals surface area contributed by atoms with Crippen molar-refractivity contribution < 1.29 is 18.7 Å². The third kappa shape index (κ3) is 2.62. The summed E-state index contributed by atoms with van der Waals surface area (Å²) in [5.41, 5.74) is -0.0475. The van der Waals surface area contributed by atoms with Gasteiger partial charge >= 0.3 is 5.97 Å². The molecule has 0 spiro atoms. The molecule has 0 aromatic carbocycles. The van der Waals surface area contributed by atoms with Crippen LogP contribution < -0.4 is 0 Å². The Hall–Kier alpha value is -1.23. The Morgan fingerprint density at radius 1 is 1.67 bits per heavy atom. The summed E-state index contributed by atoms with van der Waals surface area (Å²) >= 11 is 5.50. The second kappa shape index (κ2) is 4.53. The molecule has 0 radical (unpaired) electrons. The van der Waals surface area contributed by atoms with E-state index in [9.17, 15) is 13.6 Å². The van der Waals surface area contributed by atoms with Crippen LogP contribution in [0.4, 0.5) is 8.78 Å². The molecule has 1 aromatic rings. The molecule has 0 bridgehead atoms. The number of rotatable bonds is 3. The van der Waals surface area contributed by atoms with E-state index in [4.69, 9.17) is 16.7 Å². The van der Waals surface area contributed by atoms with Gasteiger partial charge in [0.05, 0.1) is 12.0 Å². The Morgan fingerprint density at radius 2 is 2.27 bits per heavy atom. The van der Waals surface area contributed by atoms with E-state index < -0.39 is 24.4 Å². The Balaban J connectivity index is 3.31. The molecule has 0 aliphatic rings. The quantitative estimate of drug-likeness (QED) is 0.820. The van der Waals surface area contributed by atoms with Gasteiger partial charge in [0.1, 0.15) is 5.15 Å². The summed E-state index contributed by atoms with van der Waals surface area (Å²) in [5.74, 6) is -1.18. The lowest BCUT2D eigenvalue weighted by Crippen LogP contribution is -2.07. The molecule has 6 heteroatoms. The van der Waals surface area contributed by atoms with E-state index in [0.29, 0.717) is 5.56 Å². The SMILES string of the molecule is Cc1cnc(Cl)c(C(F)F)c1CC(=O)O. The smallest absolute Gasteiger partial charge is 0.307 e. The van der Waals surface area contributed by atoms with Crippen LogP contribution in [0.1, 0.15) is 23.1 Å². The number of aromatic nitrogens is 1. The molecule has 0 atom stereocenters. The summed E-state index contributed by atoms with van der Waals surface area (Å²) in [6, 6.07) is 0. The first-order valence-corrected chi connectivity index (χ1v) is 4.45. The van der Waals surface area contributed by atoms with Crippen LogP contribution in [-0.4, -0.2) is 16.1 Å². The maximum Gasteiger partial charge on any atom is 0.307 e. The molecule has 0 fully saturated rings. The number of pyridine rings is 1. The van der Waals surface area contributed by atoms with Gasteiger partial charge < -0.3 is 5.11 Å². The van der Waals surface area contributed by atoms with Gasteiger partial charge in [-0.05, 0) is 18.1 Å². The Labute approximate surface area is 89.7 Å². The highest BCUT2D eigenvalue weighted by Crippen LogP contribution is 2.30. The Bertz CT molecular complexity index is 396. The highest BCUT2D eigenvalue weighted by Gasteiger charge is 2.21. The van der Waals surface area contributed by atoms with Crippen LogP contribution in [0.5, 0.6) is 0 Å². The van der Waals surface area contributed by atoms with Gasteiger partial charge in [-0.25, -0.2) is 13.8 Å². The number of aryl methyl sites for hydroxylation is 1. The van der Waals surface area contributed by atoms with E-state index in [1.807, 2.05) is 0 Å². The van der Waals surface area contributed by atoms with E-state index in [1.165, 1.54) is 13.1 Å². The molecule has 1 heterocycles. The van der Waals surface area contributed by atoms with Crippen molar-refractivity contribution in [3.8, 4) is 0 Å². The molecule has 15 heavy (non-hydrogen) atoms. The minimum absolute atomic E-state index is 0.0394. The zero-order valence-electron chi connectivity index (χ0n) is 7.80. The number of hydrogen-bond acceptors (Lipinski definition) is 2. The van der Waals surface area contributed by atoms with Crippen molar-refractivity contribution in [3.63, 3.8) is 0 Å². The fourth-order valence-corrected chi connectivity index (χ4v) is 1.49. The van der Waals surface area contributed by atoms with Gasteiger partial charge in [0.2, 0.25) is 0 Å². The fourth-order valence-electron chi connectivity index (χ4n) is 1.25. The van der Waals surface area contributed by atoms with Gasteiger partial charge in [0.25, 0.3) is 6.43 Å². The number of halogens is 3. The monoisotopic (exact) mass is 235 g/mol. The lowest BCUT2D eigenvalue weighted by atomic mass is 10.0. The molecule has 0 aliphatic carbocycles. The fraction of sp³-hybridized carbons (Fsp3) is 0.333. The normalized spacial score (nSPS) is 10.7. The van der Waals surface area contributed by atoms with Crippen molar-refractivity contribution in [3.05, 3.63) is 28.0 Å². The molecule has 0 saturated carbocycles. The standard InChI is InChI=1S/C9H8ClF2NO2/c1-4-3-13-8(10)7(9(11)12)5(4)2-6(14)15/h3,9H,2H2,1H3,(H,14,15). The minimum atomic E-state index is -2.82. The lowest BCUT2D eigenvalue weighted by molar-refractivity contribution is -0.136. The lowest BCUT2D eigenvalue weighted by Gasteiger charge is -2.10. The van der Waals surface area contributed by atoms with Crippen molar-refractivity contribution in [1.82, 2.24) is 4.98 Å². The molecule has 0 aliphatic heterocycles. The van der Waals surface area contributed by atoms with Gasteiger partial charge in [-0.2, -0.15) is 0 Å². The summed E-state index contributed by atoms with van der Waals surface area (Å²) in [6.45, 7) is 1.52. The van der Waals surface area contributed by atoms with Crippen molar-refractivity contribution in [2.24, 2.45) is 0 Å². The van der Waals surface area contributed by atoms with Crippen LogP contribution in [0.15, 0.2) is 6.20 Å². The van der Waals surface area contributed by atoms with Crippen molar-refractivity contribution in [2.45, 2.75) is 19.8 Å².